The number of ether oxygens (including phenoxy) is 1. The van der Waals surface area contributed by atoms with E-state index in [0.717, 1.165) is 28.5 Å². The first kappa shape index (κ1) is 21.7. The van der Waals surface area contributed by atoms with Gasteiger partial charge in [0.05, 0.1) is 18.8 Å². The van der Waals surface area contributed by atoms with Crippen molar-refractivity contribution in [2.24, 2.45) is 12.0 Å². The minimum atomic E-state index is 0. The van der Waals surface area contributed by atoms with Crippen molar-refractivity contribution in [1.82, 2.24) is 20.4 Å². The summed E-state index contributed by atoms with van der Waals surface area (Å²) in [5, 5.41) is 10.7. The van der Waals surface area contributed by atoms with Crippen molar-refractivity contribution in [3.05, 3.63) is 72.6 Å². The summed E-state index contributed by atoms with van der Waals surface area (Å²) in [6, 6.07) is 20.3. The van der Waals surface area contributed by atoms with E-state index in [1.54, 1.807) is 13.2 Å². The van der Waals surface area contributed by atoms with Gasteiger partial charge in [0.15, 0.2) is 5.96 Å². The average molecular weight is 491 g/mol. The van der Waals surface area contributed by atoms with Gasteiger partial charge >= 0.3 is 0 Å². The number of aromatic nitrogens is 2. The van der Waals surface area contributed by atoms with Gasteiger partial charge in [0.25, 0.3) is 0 Å². The predicted molar refractivity (Wildman–Crippen MR) is 124 cm³/mol. The lowest BCUT2D eigenvalue weighted by atomic mass is 10.1. The van der Waals surface area contributed by atoms with Crippen molar-refractivity contribution in [1.29, 1.82) is 0 Å². The molecule has 0 bridgehead atoms. The van der Waals surface area contributed by atoms with Gasteiger partial charge in [0, 0.05) is 25.9 Å². The standard InChI is InChI=1S/C21H25N5O.HI/c1-22-21(24-16-18-12-13-25-26(18)2)23-14-15-27-20-11-7-6-10-19(20)17-8-4-3-5-9-17;/h3-13H,14-16H2,1-2H3,(H2,22,23,24);1H. The number of rotatable bonds is 7. The minimum Gasteiger partial charge on any atom is -0.491 e. The number of nitrogens with zero attached hydrogens (tertiary/aromatic N) is 3. The molecule has 3 rings (SSSR count). The number of hydrogen-bond donors (Lipinski definition) is 2. The minimum absolute atomic E-state index is 0. The SMILES string of the molecule is CN=C(NCCOc1ccccc1-c1ccccc1)NCc1ccnn1C.I. The van der Waals surface area contributed by atoms with E-state index in [-0.39, 0.29) is 24.0 Å². The van der Waals surface area contributed by atoms with E-state index in [9.17, 15) is 0 Å². The van der Waals surface area contributed by atoms with Crippen molar-refractivity contribution < 1.29 is 4.74 Å². The molecule has 7 heteroatoms. The highest BCUT2D eigenvalue weighted by Gasteiger charge is 2.05. The number of halogens is 1. The molecule has 28 heavy (non-hydrogen) atoms. The summed E-state index contributed by atoms with van der Waals surface area (Å²) >= 11 is 0. The van der Waals surface area contributed by atoms with Gasteiger partial charge in [-0.2, -0.15) is 5.10 Å². The van der Waals surface area contributed by atoms with Crippen molar-refractivity contribution in [2.45, 2.75) is 6.54 Å². The number of aliphatic imine (C=N–C) groups is 1. The van der Waals surface area contributed by atoms with E-state index < -0.39 is 0 Å². The number of guanidine groups is 1. The predicted octanol–water partition coefficient (Wildman–Crippen LogP) is 3.45. The van der Waals surface area contributed by atoms with Crippen LogP contribution in [0.2, 0.25) is 0 Å². The monoisotopic (exact) mass is 491 g/mol. The molecule has 0 fully saturated rings. The molecule has 0 aliphatic rings. The Labute approximate surface area is 183 Å². The Morgan fingerprint density at radius 3 is 2.50 bits per heavy atom. The van der Waals surface area contributed by atoms with E-state index in [4.69, 9.17) is 4.74 Å². The second-order valence-electron chi connectivity index (χ2n) is 6.01. The number of para-hydroxylation sites is 1. The molecule has 0 atom stereocenters. The third-order valence-corrected chi connectivity index (χ3v) is 4.21. The maximum atomic E-state index is 6.00. The summed E-state index contributed by atoms with van der Waals surface area (Å²) in [6.07, 6.45) is 1.78. The Balaban J connectivity index is 0.00000280. The molecule has 0 radical (unpaired) electrons. The molecule has 0 saturated carbocycles. The Morgan fingerprint density at radius 1 is 1.04 bits per heavy atom. The smallest absolute Gasteiger partial charge is 0.191 e. The molecule has 3 aromatic rings. The first-order valence-corrected chi connectivity index (χ1v) is 8.96. The Morgan fingerprint density at radius 2 is 1.79 bits per heavy atom. The van der Waals surface area contributed by atoms with Crippen LogP contribution in [0.15, 0.2) is 71.9 Å². The maximum absolute atomic E-state index is 6.00. The van der Waals surface area contributed by atoms with Gasteiger partial charge in [-0.15, -0.1) is 24.0 Å². The molecule has 148 valence electrons. The van der Waals surface area contributed by atoms with Gasteiger partial charge in [-0.1, -0.05) is 48.5 Å². The molecule has 6 nitrogen and oxygen atoms in total. The molecule has 1 heterocycles. The highest BCUT2D eigenvalue weighted by molar-refractivity contribution is 14.0. The summed E-state index contributed by atoms with van der Waals surface area (Å²) in [6.45, 7) is 1.85. The largest absolute Gasteiger partial charge is 0.491 e. The van der Waals surface area contributed by atoms with Crippen molar-refractivity contribution in [3.63, 3.8) is 0 Å². The second kappa shape index (κ2) is 11.3. The van der Waals surface area contributed by atoms with Gasteiger partial charge in [-0.25, -0.2) is 0 Å². The van der Waals surface area contributed by atoms with Crippen LogP contribution in [0.4, 0.5) is 0 Å². The maximum Gasteiger partial charge on any atom is 0.191 e. The summed E-state index contributed by atoms with van der Waals surface area (Å²) in [4.78, 5) is 4.24. The van der Waals surface area contributed by atoms with E-state index in [0.29, 0.717) is 19.7 Å². The van der Waals surface area contributed by atoms with Crippen LogP contribution in [-0.2, 0) is 13.6 Å². The van der Waals surface area contributed by atoms with E-state index in [2.05, 4.69) is 38.9 Å². The molecule has 1 aromatic heterocycles. The summed E-state index contributed by atoms with van der Waals surface area (Å²) in [7, 11) is 3.68. The van der Waals surface area contributed by atoms with Crippen molar-refractivity contribution in [3.8, 4) is 16.9 Å². The van der Waals surface area contributed by atoms with Crippen LogP contribution in [0.5, 0.6) is 5.75 Å². The zero-order valence-electron chi connectivity index (χ0n) is 16.1. The highest BCUT2D eigenvalue weighted by atomic mass is 127. The van der Waals surface area contributed by atoms with Crippen LogP contribution < -0.4 is 15.4 Å². The van der Waals surface area contributed by atoms with E-state index in [1.807, 2.05) is 54.2 Å². The zero-order chi connectivity index (χ0) is 18.9. The summed E-state index contributed by atoms with van der Waals surface area (Å²) in [5.41, 5.74) is 3.33. The molecule has 0 spiro atoms. The van der Waals surface area contributed by atoms with Crippen LogP contribution in [0, 0.1) is 0 Å². The first-order chi connectivity index (χ1) is 13.3. The Kier molecular flexibility index (Phi) is 8.80. The number of nitrogens with one attached hydrogen (secondary N) is 2. The molecular weight excluding hydrogens is 465 g/mol. The molecule has 0 aliphatic heterocycles. The highest BCUT2D eigenvalue weighted by Crippen LogP contribution is 2.29. The molecule has 2 aromatic carbocycles. The quantitative estimate of drug-likeness (QED) is 0.230. The van der Waals surface area contributed by atoms with Crippen LogP contribution in [-0.4, -0.2) is 35.9 Å². The zero-order valence-corrected chi connectivity index (χ0v) is 18.5. The van der Waals surface area contributed by atoms with Crippen molar-refractivity contribution in [2.75, 3.05) is 20.2 Å². The number of aryl methyl sites for hydroxylation is 1. The third kappa shape index (κ3) is 5.98. The van der Waals surface area contributed by atoms with Crippen LogP contribution >= 0.6 is 24.0 Å². The van der Waals surface area contributed by atoms with Crippen LogP contribution in [0.3, 0.4) is 0 Å². The fraction of sp³-hybridized carbons (Fsp3) is 0.238. The Hall–Kier alpha value is -2.55. The summed E-state index contributed by atoms with van der Waals surface area (Å²) < 4.78 is 7.83. The number of hydrogen-bond acceptors (Lipinski definition) is 3. The van der Waals surface area contributed by atoms with E-state index in [1.165, 1.54) is 0 Å². The first-order valence-electron chi connectivity index (χ1n) is 8.96. The number of benzene rings is 2. The lowest BCUT2D eigenvalue weighted by Gasteiger charge is -2.14. The van der Waals surface area contributed by atoms with Crippen LogP contribution in [0.25, 0.3) is 11.1 Å². The van der Waals surface area contributed by atoms with Gasteiger partial charge in [-0.05, 0) is 17.7 Å². The molecule has 0 aliphatic carbocycles. The van der Waals surface area contributed by atoms with Gasteiger partial charge in [-0.3, -0.25) is 9.67 Å². The van der Waals surface area contributed by atoms with Gasteiger partial charge in [0.2, 0.25) is 0 Å². The summed E-state index contributed by atoms with van der Waals surface area (Å²) in [5.74, 6) is 1.61. The lowest BCUT2D eigenvalue weighted by Crippen LogP contribution is -2.39. The molecule has 0 saturated heterocycles. The lowest BCUT2D eigenvalue weighted by molar-refractivity contribution is 0.323. The van der Waals surface area contributed by atoms with Gasteiger partial charge in [0.1, 0.15) is 12.4 Å². The fourth-order valence-electron chi connectivity index (χ4n) is 2.75. The third-order valence-electron chi connectivity index (χ3n) is 4.21. The van der Waals surface area contributed by atoms with Crippen LogP contribution in [0.1, 0.15) is 5.69 Å². The Bertz CT molecular complexity index is 879. The molecule has 2 N–H and O–H groups in total. The average Bonchev–Trinajstić information content (AvgIpc) is 3.13. The molecular formula is C21H26IN5O. The normalized spacial score (nSPS) is 10.9. The topological polar surface area (TPSA) is 63.5 Å². The molecule has 0 unspecified atom stereocenters. The van der Waals surface area contributed by atoms with Gasteiger partial charge < -0.3 is 15.4 Å². The second-order valence-corrected chi connectivity index (χ2v) is 6.01. The molecule has 0 amide bonds. The van der Waals surface area contributed by atoms with E-state index >= 15 is 0 Å². The fourth-order valence-corrected chi connectivity index (χ4v) is 2.75. The van der Waals surface area contributed by atoms with Crippen molar-refractivity contribution >= 4 is 29.9 Å².